The number of phenolic OH excluding ortho intramolecular Hbond substituents is 3. The molecular formula is C10H13F3O4. The first-order valence-corrected chi connectivity index (χ1v) is 4.72. The lowest BCUT2D eigenvalue weighted by Gasteiger charge is -2.13. The first-order valence-electron chi connectivity index (χ1n) is 4.72. The highest BCUT2D eigenvalue weighted by Crippen LogP contribution is 2.44. The lowest BCUT2D eigenvalue weighted by atomic mass is 10.1. The van der Waals surface area contributed by atoms with Gasteiger partial charge in [0.2, 0.25) is 5.75 Å². The molecule has 0 radical (unpaired) electrons. The minimum absolute atomic E-state index is 0.216. The van der Waals surface area contributed by atoms with Gasteiger partial charge in [0.1, 0.15) is 5.75 Å². The summed E-state index contributed by atoms with van der Waals surface area (Å²) in [7, 11) is 0. The molecule has 1 rings (SSSR count). The second-order valence-corrected chi connectivity index (χ2v) is 2.77. The van der Waals surface area contributed by atoms with Gasteiger partial charge in [0.25, 0.3) is 0 Å². The Morgan fingerprint density at radius 3 is 1.94 bits per heavy atom. The molecule has 0 aromatic heterocycles. The highest BCUT2D eigenvalue weighted by molar-refractivity contribution is 5.59. The second-order valence-electron chi connectivity index (χ2n) is 2.77. The van der Waals surface area contributed by atoms with Crippen LogP contribution in [0.5, 0.6) is 23.0 Å². The van der Waals surface area contributed by atoms with Gasteiger partial charge in [-0.3, -0.25) is 0 Å². The molecule has 1 aromatic rings. The number of phenols is 3. The van der Waals surface area contributed by atoms with Gasteiger partial charge in [-0.25, -0.2) is 0 Å². The van der Waals surface area contributed by atoms with Crippen LogP contribution in [0, 0.1) is 6.92 Å². The molecule has 1 aromatic carbocycles. The lowest BCUT2D eigenvalue weighted by molar-refractivity contribution is -0.275. The summed E-state index contributed by atoms with van der Waals surface area (Å²) in [6.45, 7) is 5.17. The first-order chi connectivity index (χ1) is 7.72. The summed E-state index contributed by atoms with van der Waals surface area (Å²) in [6.07, 6.45) is -5.03. The quantitative estimate of drug-likeness (QED) is 0.720. The van der Waals surface area contributed by atoms with Crippen molar-refractivity contribution in [3.8, 4) is 23.0 Å². The fraction of sp³-hybridized carbons (Fsp3) is 0.400. The predicted octanol–water partition coefficient (Wildman–Crippen LogP) is 3.04. The number of benzene rings is 1. The van der Waals surface area contributed by atoms with Gasteiger partial charge in [-0.1, -0.05) is 13.8 Å². The van der Waals surface area contributed by atoms with E-state index in [9.17, 15) is 18.3 Å². The molecule has 0 heterocycles. The van der Waals surface area contributed by atoms with Crippen molar-refractivity contribution in [1.29, 1.82) is 0 Å². The van der Waals surface area contributed by atoms with Crippen LogP contribution in [0.25, 0.3) is 0 Å². The third-order valence-corrected chi connectivity index (χ3v) is 1.68. The minimum atomic E-state index is -5.03. The van der Waals surface area contributed by atoms with Crippen molar-refractivity contribution in [1.82, 2.24) is 0 Å². The molecule has 0 aliphatic rings. The summed E-state index contributed by atoms with van der Waals surface area (Å²) in [4.78, 5) is 0. The molecule has 0 bridgehead atoms. The number of rotatable bonds is 1. The van der Waals surface area contributed by atoms with E-state index in [1.165, 1.54) is 6.92 Å². The van der Waals surface area contributed by atoms with Gasteiger partial charge in [-0.15, -0.1) is 13.2 Å². The summed E-state index contributed by atoms with van der Waals surface area (Å²) in [6, 6.07) is 0.649. The average molecular weight is 254 g/mol. The van der Waals surface area contributed by atoms with E-state index in [0.29, 0.717) is 6.07 Å². The largest absolute Gasteiger partial charge is 0.573 e. The van der Waals surface area contributed by atoms with E-state index >= 15 is 0 Å². The van der Waals surface area contributed by atoms with E-state index in [1.54, 1.807) is 0 Å². The summed E-state index contributed by atoms with van der Waals surface area (Å²) < 4.78 is 38.9. The monoisotopic (exact) mass is 254 g/mol. The maximum atomic E-state index is 11.8. The van der Waals surface area contributed by atoms with E-state index in [1.807, 2.05) is 13.8 Å². The van der Waals surface area contributed by atoms with E-state index in [2.05, 4.69) is 4.74 Å². The molecule has 7 heteroatoms. The zero-order chi connectivity index (χ0) is 13.8. The van der Waals surface area contributed by atoms with Gasteiger partial charge in [0.15, 0.2) is 11.5 Å². The number of ether oxygens (including phenoxy) is 1. The van der Waals surface area contributed by atoms with Gasteiger partial charge in [0.05, 0.1) is 0 Å². The molecule has 0 atom stereocenters. The van der Waals surface area contributed by atoms with Crippen molar-refractivity contribution < 1.29 is 33.2 Å². The van der Waals surface area contributed by atoms with E-state index < -0.39 is 29.4 Å². The fourth-order valence-corrected chi connectivity index (χ4v) is 0.933. The molecular weight excluding hydrogens is 241 g/mol. The Morgan fingerprint density at radius 1 is 1.06 bits per heavy atom. The predicted molar refractivity (Wildman–Crippen MR) is 54.2 cm³/mol. The minimum Gasteiger partial charge on any atom is -0.507 e. The highest BCUT2D eigenvalue weighted by atomic mass is 19.4. The number of alkyl halides is 3. The molecule has 0 saturated carbocycles. The molecule has 0 amide bonds. The number of hydrogen-bond acceptors (Lipinski definition) is 4. The fourth-order valence-electron chi connectivity index (χ4n) is 0.933. The summed E-state index contributed by atoms with van der Waals surface area (Å²) >= 11 is 0. The Bertz CT molecular complexity index is 388. The smallest absolute Gasteiger partial charge is 0.507 e. The Labute approximate surface area is 95.9 Å². The van der Waals surface area contributed by atoms with Crippen LogP contribution in [0.4, 0.5) is 13.2 Å². The third kappa shape index (κ3) is 3.93. The van der Waals surface area contributed by atoms with Gasteiger partial charge >= 0.3 is 6.36 Å². The zero-order valence-corrected chi connectivity index (χ0v) is 9.46. The molecule has 3 N–H and O–H groups in total. The van der Waals surface area contributed by atoms with Crippen LogP contribution in [-0.4, -0.2) is 21.7 Å². The first kappa shape index (κ1) is 15.2. The normalized spacial score (nSPS) is 10.5. The summed E-state index contributed by atoms with van der Waals surface area (Å²) in [5.41, 5.74) is -0.216. The Balaban J connectivity index is 0.00000121. The number of hydrogen-bond donors (Lipinski definition) is 3. The van der Waals surface area contributed by atoms with Gasteiger partial charge in [-0.2, -0.15) is 0 Å². The van der Waals surface area contributed by atoms with Crippen molar-refractivity contribution in [3.05, 3.63) is 11.6 Å². The van der Waals surface area contributed by atoms with Crippen LogP contribution in [0.2, 0.25) is 0 Å². The SMILES string of the molecule is CC.Cc1c(O)cc(O)c(OC(F)(F)F)c1O. The van der Waals surface area contributed by atoms with Crippen LogP contribution in [0.1, 0.15) is 19.4 Å². The number of halogens is 3. The standard InChI is InChI=1S/C8H7F3O4.C2H6/c1-3-4(12)2-5(13)7(6(3)14)15-8(9,10)11;1-2/h2,12-14H,1H3;1-2H3. The average Bonchev–Trinajstić information content (AvgIpc) is 2.23. The van der Waals surface area contributed by atoms with Crippen LogP contribution in [-0.2, 0) is 0 Å². The molecule has 0 aliphatic carbocycles. The van der Waals surface area contributed by atoms with Crippen molar-refractivity contribution in [2.24, 2.45) is 0 Å². The van der Waals surface area contributed by atoms with E-state index in [0.717, 1.165) is 0 Å². The molecule has 98 valence electrons. The Morgan fingerprint density at radius 2 is 1.53 bits per heavy atom. The lowest BCUT2D eigenvalue weighted by Crippen LogP contribution is -2.17. The summed E-state index contributed by atoms with van der Waals surface area (Å²) in [5.74, 6) is -3.60. The molecule has 0 aliphatic heterocycles. The topological polar surface area (TPSA) is 69.9 Å². The maximum absolute atomic E-state index is 11.8. The number of aromatic hydroxyl groups is 3. The van der Waals surface area contributed by atoms with Crippen LogP contribution >= 0.6 is 0 Å². The molecule has 0 saturated heterocycles. The zero-order valence-electron chi connectivity index (χ0n) is 9.46. The van der Waals surface area contributed by atoms with Crippen molar-refractivity contribution in [2.75, 3.05) is 0 Å². The molecule has 17 heavy (non-hydrogen) atoms. The third-order valence-electron chi connectivity index (χ3n) is 1.68. The second kappa shape index (κ2) is 5.51. The Kier molecular flexibility index (Phi) is 4.93. The van der Waals surface area contributed by atoms with Crippen LogP contribution < -0.4 is 4.74 Å². The highest BCUT2D eigenvalue weighted by Gasteiger charge is 2.34. The van der Waals surface area contributed by atoms with Gasteiger partial charge < -0.3 is 20.1 Å². The molecule has 4 nitrogen and oxygen atoms in total. The van der Waals surface area contributed by atoms with Crippen LogP contribution in [0.3, 0.4) is 0 Å². The van der Waals surface area contributed by atoms with Crippen molar-refractivity contribution in [3.63, 3.8) is 0 Å². The molecule has 0 unspecified atom stereocenters. The van der Waals surface area contributed by atoms with E-state index in [-0.39, 0.29) is 5.56 Å². The van der Waals surface area contributed by atoms with Gasteiger partial charge in [0, 0.05) is 11.6 Å². The van der Waals surface area contributed by atoms with Gasteiger partial charge in [-0.05, 0) is 6.92 Å². The van der Waals surface area contributed by atoms with Crippen molar-refractivity contribution in [2.45, 2.75) is 27.1 Å². The summed E-state index contributed by atoms with van der Waals surface area (Å²) in [5, 5.41) is 27.2. The van der Waals surface area contributed by atoms with Crippen LogP contribution in [0.15, 0.2) is 6.07 Å². The maximum Gasteiger partial charge on any atom is 0.573 e. The Hall–Kier alpha value is -1.79. The van der Waals surface area contributed by atoms with Crippen molar-refractivity contribution >= 4 is 0 Å². The molecule has 0 fully saturated rings. The molecule has 0 spiro atoms. The van der Waals surface area contributed by atoms with E-state index in [4.69, 9.17) is 10.2 Å².